The van der Waals surface area contributed by atoms with Gasteiger partial charge in [-0.3, -0.25) is 15.6 Å². The molecule has 110 valence electrons. The summed E-state index contributed by atoms with van der Waals surface area (Å²) in [6.45, 7) is 6.22. The van der Waals surface area contributed by atoms with Crippen LogP contribution < -0.4 is 16.6 Å². The van der Waals surface area contributed by atoms with Crippen LogP contribution in [0.15, 0.2) is 18.5 Å². The predicted molar refractivity (Wildman–Crippen MR) is 79.2 cm³/mol. The van der Waals surface area contributed by atoms with Gasteiger partial charge >= 0.3 is 0 Å². The quantitative estimate of drug-likeness (QED) is 0.530. The Kier molecular flexibility index (Phi) is 5.31. The van der Waals surface area contributed by atoms with E-state index in [4.69, 9.17) is 5.84 Å². The van der Waals surface area contributed by atoms with E-state index in [0.29, 0.717) is 23.7 Å². The number of carbonyl (C=O) groups is 1. The third-order valence-corrected chi connectivity index (χ3v) is 3.60. The Labute approximate surface area is 119 Å². The number of nitrogens with one attached hydrogen (secondary N) is 2. The van der Waals surface area contributed by atoms with Crippen LogP contribution in [0.1, 0.15) is 30.1 Å². The fourth-order valence-corrected chi connectivity index (χ4v) is 2.53. The van der Waals surface area contributed by atoms with Gasteiger partial charge in [-0.05, 0) is 37.9 Å². The molecule has 0 radical (unpaired) electrons. The number of nitrogens with two attached hydrogens (primary N) is 1. The lowest BCUT2D eigenvalue weighted by Gasteiger charge is -2.20. The van der Waals surface area contributed by atoms with Gasteiger partial charge in [-0.1, -0.05) is 6.92 Å². The highest BCUT2D eigenvalue weighted by molar-refractivity contribution is 5.99. The highest BCUT2D eigenvalue weighted by Gasteiger charge is 2.16. The number of rotatable bonds is 6. The lowest BCUT2D eigenvalue weighted by atomic mass is 10.1. The number of nitrogens with zero attached hydrogens (tertiary/aromatic N) is 2. The average molecular weight is 277 g/mol. The van der Waals surface area contributed by atoms with Gasteiger partial charge in [-0.25, -0.2) is 0 Å². The number of aromatic nitrogens is 1. The molecule has 0 spiro atoms. The second-order valence-corrected chi connectivity index (χ2v) is 5.39. The van der Waals surface area contributed by atoms with E-state index in [-0.39, 0.29) is 5.91 Å². The summed E-state index contributed by atoms with van der Waals surface area (Å²) < 4.78 is 0. The number of likely N-dealkylation sites (tertiary alicyclic amines) is 1. The van der Waals surface area contributed by atoms with Gasteiger partial charge in [0, 0.05) is 25.5 Å². The molecule has 0 bridgehead atoms. The molecule has 1 fully saturated rings. The van der Waals surface area contributed by atoms with Gasteiger partial charge in [0.05, 0.1) is 11.3 Å². The molecule has 1 atom stereocenters. The lowest BCUT2D eigenvalue weighted by molar-refractivity contribution is 0.0945. The number of pyridine rings is 1. The van der Waals surface area contributed by atoms with E-state index in [1.807, 2.05) is 0 Å². The molecule has 6 nitrogen and oxygen atoms in total. The highest BCUT2D eigenvalue weighted by Crippen LogP contribution is 2.12. The molecule has 2 heterocycles. The van der Waals surface area contributed by atoms with Gasteiger partial charge in [0.2, 0.25) is 0 Å². The van der Waals surface area contributed by atoms with E-state index < -0.39 is 0 Å². The minimum Gasteiger partial charge on any atom is -0.352 e. The second-order valence-electron chi connectivity index (χ2n) is 5.39. The molecule has 6 heteroatoms. The predicted octanol–water partition coefficient (Wildman–Crippen LogP) is 0.829. The maximum atomic E-state index is 12.1. The molecule has 1 aliphatic rings. The first kappa shape index (κ1) is 14.7. The summed E-state index contributed by atoms with van der Waals surface area (Å²) in [5.74, 6) is 5.68. The third-order valence-electron chi connectivity index (χ3n) is 3.60. The molecule has 1 saturated heterocycles. The van der Waals surface area contributed by atoms with E-state index in [1.54, 1.807) is 12.3 Å². The Morgan fingerprint density at radius 2 is 2.25 bits per heavy atom. The monoisotopic (exact) mass is 277 g/mol. The minimum atomic E-state index is -0.140. The van der Waals surface area contributed by atoms with Crippen molar-refractivity contribution in [3.05, 3.63) is 24.0 Å². The number of hydrogen-bond acceptors (Lipinski definition) is 5. The van der Waals surface area contributed by atoms with Crippen molar-refractivity contribution in [1.29, 1.82) is 0 Å². The summed E-state index contributed by atoms with van der Waals surface area (Å²) >= 11 is 0. The summed E-state index contributed by atoms with van der Waals surface area (Å²) in [7, 11) is 0. The Morgan fingerprint density at radius 3 is 2.95 bits per heavy atom. The van der Waals surface area contributed by atoms with Crippen molar-refractivity contribution in [3.8, 4) is 0 Å². The number of carbonyl (C=O) groups excluding carboxylic acids is 1. The lowest BCUT2D eigenvalue weighted by Crippen LogP contribution is -2.34. The Hall–Kier alpha value is -1.66. The molecular formula is C14H23N5O. The zero-order valence-corrected chi connectivity index (χ0v) is 11.9. The van der Waals surface area contributed by atoms with Crippen LogP contribution in [0.4, 0.5) is 5.69 Å². The molecule has 20 heavy (non-hydrogen) atoms. The summed E-state index contributed by atoms with van der Waals surface area (Å²) in [5.41, 5.74) is 3.58. The largest absolute Gasteiger partial charge is 0.352 e. The van der Waals surface area contributed by atoms with Gasteiger partial charge in [0.15, 0.2) is 0 Å². The van der Waals surface area contributed by atoms with Gasteiger partial charge in [0.25, 0.3) is 5.91 Å². The second kappa shape index (κ2) is 7.21. The summed E-state index contributed by atoms with van der Waals surface area (Å²) in [6.07, 6.45) is 5.71. The summed E-state index contributed by atoms with van der Waals surface area (Å²) in [4.78, 5) is 18.5. The third kappa shape index (κ3) is 3.91. The zero-order chi connectivity index (χ0) is 14.4. The first-order valence-electron chi connectivity index (χ1n) is 7.12. The van der Waals surface area contributed by atoms with E-state index in [0.717, 1.165) is 6.54 Å². The van der Waals surface area contributed by atoms with Crippen LogP contribution in [-0.4, -0.2) is 42.0 Å². The maximum Gasteiger partial charge on any atom is 0.255 e. The normalized spacial score (nSPS) is 16.9. The fraction of sp³-hybridized carbons (Fsp3) is 0.571. The van der Waals surface area contributed by atoms with Crippen LogP contribution in [0.2, 0.25) is 0 Å². The van der Waals surface area contributed by atoms with Gasteiger partial charge < -0.3 is 15.6 Å². The highest BCUT2D eigenvalue weighted by atomic mass is 16.1. The molecule has 0 aromatic carbocycles. The van der Waals surface area contributed by atoms with E-state index >= 15 is 0 Å². The molecule has 4 N–H and O–H groups in total. The molecule has 1 unspecified atom stereocenters. The number of anilines is 1. The van der Waals surface area contributed by atoms with E-state index in [9.17, 15) is 4.79 Å². The molecule has 1 aromatic rings. The molecule has 1 amide bonds. The average Bonchev–Trinajstić information content (AvgIpc) is 2.97. The SMILES string of the molecule is CC(CNC(=O)c1cnccc1NN)CN1CCCC1. The minimum absolute atomic E-state index is 0.140. The summed E-state index contributed by atoms with van der Waals surface area (Å²) in [5, 5.41) is 2.95. The van der Waals surface area contributed by atoms with Crippen molar-refractivity contribution in [2.75, 3.05) is 31.6 Å². The standard InChI is InChI=1S/C14H23N5O/c1-11(10-19-6-2-3-7-19)8-17-14(20)12-9-16-5-4-13(12)18-15/h4-5,9,11H,2-3,6-8,10,15H2,1H3,(H,16,18)(H,17,20). The van der Waals surface area contributed by atoms with Crippen molar-refractivity contribution in [2.45, 2.75) is 19.8 Å². The van der Waals surface area contributed by atoms with E-state index in [1.165, 1.54) is 32.1 Å². The van der Waals surface area contributed by atoms with Crippen LogP contribution in [0, 0.1) is 5.92 Å². The van der Waals surface area contributed by atoms with Crippen molar-refractivity contribution in [2.24, 2.45) is 11.8 Å². The molecule has 1 aromatic heterocycles. The smallest absolute Gasteiger partial charge is 0.255 e. The fourth-order valence-electron chi connectivity index (χ4n) is 2.53. The molecule has 0 saturated carbocycles. The van der Waals surface area contributed by atoms with Gasteiger partial charge in [-0.15, -0.1) is 0 Å². The molecule has 2 rings (SSSR count). The Balaban J connectivity index is 1.82. The first-order valence-corrected chi connectivity index (χ1v) is 7.12. The van der Waals surface area contributed by atoms with Gasteiger partial charge in [-0.2, -0.15) is 0 Å². The van der Waals surface area contributed by atoms with Crippen LogP contribution in [0.5, 0.6) is 0 Å². The Bertz CT molecular complexity index is 445. The molecular weight excluding hydrogens is 254 g/mol. The maximum absolute atomic E-state index is 12.1. The Morgan fingerprint density at radius 1 is 1.50 bits per heavy atom. The van der Waals surface area contributed by atoms with Crippen molar-refractivity contribution >= 4 is 11.6 Å². The summed E-state index contributed by atoms with van der Waals surface area (Å²) in [6, 6.07) is 1.68. The first-order chi connectivity index (χ1) is 9.70. The molecule has 1 aliphatic heterocycles. The topological polar surface area (TPSA) is 83.3 Å². The van der Waals surface area contributed by atoms with E-state index in [2.05, 4.69) is 27.6 Å². The van der Waals surface area contributed by atoms with Crippen LogP contribution in [0.3, 0.4) is 0 Å². The number of hydrazine groups is 1. The zero-order valence-electron chi connectivity index (χ0n) is 11.9. The number of amides is 1. The molecule has 0 aliphatic carbocycles. The van der Waals surface area contributed by atoms with Crippen LogP contribution >= 0.6 is 0 Å². The number of hydrogen-bond donors (Lipinski definition) is 3. The van der Waals surface area contributed by atoms with Gasteiger partial charge in [0.1, 0.15) is 0 Å². The number of nitrogen functional groups attached to an aromatic ring is 1. The van der Waals surface area contributed by atoms with Crippen LogP contribution in [-0.2, 0) is 0 Å². The van der Waals surface area contributed by atoms with Crippen LogP contribution in [0.25, 0.3) is 0 Å². The van der Waals surface area contributed by atoms with Crippen molar-refractivity contribution in [3.63, 3.8) is 0 Å². The van der Waals surface area contributed by atoms with Crippen molar-refractivity contribution < 1.29 is 4.79 Å². The van der Waals surface area contributed by atoms with Crippen molar-refractivity contribution in [1.82, 2.24) is 15.2 Å².